The number of benzene rings is 1. The van der Waals surface area contributed by atoms with Crippen LogP contribution < -0.4 is 5.69 Å². The van der Waals surface area contributed by atoms with Crippen LogP contribution in [-0.4, -0.2) is 96.1 Å². The van der Waals surface area contributed by atoms with Crippen LogP contribution in [0.5, 0.6) is 0 Å². The van der Waals surface area contributed by atoms with E-state index in [4.69, 9.17) is 4.74 Å². The smallest absolute Gasteiger partial charge is 0.323 e. The Balaban J connectivity index is 1.41. The van der Waals surface area contributed by atoms with Gasteiger partial charge in [0.05, 0.1) is 23.7 Å². The molecule has 2 N–H and O–H groups in total. The van der Waals surface area contributed by atoms with Crippen molar-refractivity contribution in [3.63, 3.8) is 0 Å². The fourth-order valence-electron chi connectivity index (χ4n) is 3.68. The number of amides is 1. The summed E-state index contributed by atoms with van der Waals surface area (Å²) in [4.78, 5) is 36.3. The molecule has 140 valence electrons. The van der Waals surface area contributed by atoms with Crippen molar-refractivity contribution in [1.29, 1.82) is 0 Å². The molecule has 2 aliphatic heterocycles. The number of rotatable bonds is 3. The Morgan fingerprint density at radius 3 is 2.73 bits per heavy atom. The van der Waals surface area contributed by atoms with E-state index in [1.807, 2.05) is 4.90 Å². The van der Waals surface area contributed by atoms with E-state index in [0.29, 0.717) is 36.3 Å². The van der Waals surface area contributed by atoms with Gasteiger partial charge in [0.2, 0.25) is 0 Å². The Hall–Kier alpha value is -2.16. The minimum atomic E-state index is -0.261. The van der Waals surface area contributed by atoms with Crippen molar-refractivity contribution in [1.82, 2.24) is 24.7 Å². The van der Waals surface area contributed by atoms with Gasteiger partial charge in [0.1, 0.15) is 0 Å². The van der Waals surface area contributed by atoms with E-state index in [-0.39, 0.29) is 17.7 Å². The lowest BCUT2D eigenvalue weighted by Crippen LogP contribution is -2.52. The van der Waals surface area contributed by atoms with Crippen molar-refractivity contribution in [3.8, 4) is 0 Å². The highest BCUT2D eigenvalue weighted by Gasteiger charge is 2.27. The monoisotopic (exact) mass is 359 g/mol. The maximum Gasteiger partial charge on any atom is 0.323 e. The van der Waals surface area contributed by atoms with Gasteiger partial charge in [-0.25, -0.2) is 4.79 Å². The molecule has 8 heteroatoms. The molecule has 0 saturated carbocycles. The molecular formula is C18H25N5O3. The van der Waals surface area contributed by atoms with Crippen LogP contribution in [0.4, 0.5) is 0 Å². The third-order valence-electron chi connectivity index (χ3n) is 5.25. The molecular weight excluding hydrogens is 334 g/mol. The Labute approximate surface area is 151 Å². The van der Waals surface area contributed by atoms with Crippen molar-refractivity contribution in [2.24, 2.45) is 0 Å². The molecule has 0 aliphatic carbocycles. The summed E-state index contributed by atoms with van der Waals surface area (Å²) in [5.41, 5.74) is 1.70. The van der Waals surface area contributed by atoms with Gasteiger partial charge in [-0.15, -0.1) is 0 Å². The van der Waals surface area contributed by atoms with E-state index < -0.39 is 0 Å². The summed E-state index contributed by atoms with van der Waals surface area (Å²) in [6.45, 7) is 6.86. The molecule has 2 fully saturated rings. The number of piperazine rings is 1. The highest BCUT2D eigenvalue weighted by Crippen LogP contribution is 2.15. The minimum Gasteiger partial charge on any atom is -0.373 e. The number of nitrogens with zero attached hydrogens (tertiary/aromatic N) is 3. The number of H-pyrrole nitrogens is 2. The predicted octanol–water partition coefficient (Wildman–Crippen LogP) is -0.0554. The van der Waals surface area contributed by atoms with Crippen molar-refractivity contribution >= 4 is 16.9 Å². The Bertz CT molecular complexity index is 837. The molecule has 0 spiro atoms. The Morgan fingerprint density at radius 2 is 1.92 bits per heavy atom. The molecule has 0 radical (unpaired) electrons. The average molecular weight is 359 g/mol. The number of carbonyl (C=O) groups is 1. The molecule has 2 saturated heterocycles. The van der Waals surface area contributed by atoms with E-state index in [1.54, 1.807) is 18.2 Å². The summed E-state index contributed by atoms with van der Waals surface area (Å²) in [6.07, 6.45) is 0.0481. The summed E-state index contributed by atoms with van der Waals surface area (Å²) >= 11 is 0. The molecule has 3 heterocycles. The van der Waals surface area contributed by atoms with E-state index in [1.165, 1.54) is 0 Å². The molecule has 1 atom stereocenters. The second kappa shape index (κ2) is 7.22. The summed E-state index contributed by atoms with van der Waals surface area (Å²) < 4.78 is 5.90. The highest BCUT2D eigenvalue weighted by molar-refractivity contribution is 5.97. The molecule has 1 aromatic heterocycles. The van der Waals surface area contributed by atoms with Crippen LogP contribution in [0, 0.1) is 0 Å². The third-order valence-corrected chi connectivity index (χ3v) is 5.25. The zero-order valence-corrected chi connectivity index (χ0v) is 15.0. The Kier molecular flexibility index (Phi) is 4.80. The zero-order chi connectivity index (χ0) is 18.1. The van der Waals surface area contributed by atoms with Gasteiger partial charge in [-0.2, -0.15) is 0 Å². The number of aromatic amines is 2. The summed E-state index contributed by atoms with van der Waals surface area (Å²) in [5.74, 6) is -0.0133. The number of nitrogens with one attached hydrogen (secondary N) is 2. The molecule has 2 aromatic rings. The first kappa shape index (κ1) is 17.3. The third kappa shape index (κ3) is 3.67. The van der Waals surface area contributed by atoms with E-state index >= 15 is 0 Å². The summed E-state index contributed by atoms with van der Waals surface area (Å²) in [5, 5.41) is 0. The van der Waals surface area contributed by atoms with Gasteiger partial charge in [0.15, 0.2) is 0 Å². The SMILES string of the molecule is CN1CCN(CC2CN(C(=O)c3ccc4[nH]c(=O)[nH]c4c3)CCO2)CC1. The number of imidazole rings is 1. The number of hydrogen-bond acceptors (Lipinski definition) is 5. The standard InChI is InChI=1S/C18H25N5O3/c1-21-4-6-22(7-5-21)11-14-12-23(8-9-26-14)17(24)13-2-3-15-16(10-13)20-18(25)19-15/h2-3,10,14H,4-9,11-12H2,1H3,(H2,19,20,25). The molecule has 4 rings (SSSR count). The number of likely N-dealkylation sites (N-methyl/N-ethyl adjacent to an activating group) is 1. The van der Waals surface area contributed by atoms with Crippen LogP contribution in [0.1, 0.15) is 10.4 Å². The van der Waals surface area contributed by atoms with Crippen LogP contribution >= 0.6 is 0 Å². The fraction of sp³-hybridized carbons (Fsp3) is 0.556. The first-order valence-corrected chi connectivity index (χ1v) is 9.12. The lowest BCUT2D eigenvalue weighted by Gasteiger charge is -2.38. The molecule has 1 amide bonds. The first-order chi connectivity index (χ1) is 12.6. The van der Waals surface area contributed by atoms with Crippen molar-refractivity contribution < 1.29 is 9.53 Å². The number of ether oxygens (including phenoxy) is 1. The van der Waals surface area contributed by atoms with Gasteiger partial charge >= 0.3 is 5.69 Å². The maximum absolute atomic E-state index is 12.9. The van der Waals surface area contributed by atoms with E-state index in [2.05, 4.69) is 26.8 Å². The van der Waals surface area contributed by atoms with Crippen molar-refractivity contribution in [2.75, 3.05) is 59.5 Å². The largest absolute Gasteiger partial charge is 0.373 e. The van der Waals surface area contributed by atoms with Crippen molar-refractivity contribution in [3.05, 3.63) is 34.2 Å². The number of aromatic nitrogens is 2. The van der Waals surface area contributed by atoms with Crippen LogP contribution in [0.15, 0.2) is 23.0 Å². The van der Waals surface area contributed by atoms with Crippen LogP contribution in [0.25, 0.3) is 11.0 Å². The summed E-state index contributed by atoms with van der Waals surface area (Å²) in [7, 11) is 2.14. The molecule has 2 aliphatic rings. The number of carbonyl (C=O) groups excluding carboxylic acids is 1. The van der Waals surface area contributed by atoms with Gasteiger partial charge in [-0.3, -0.25) is 9.69 Å². The molecule has 8 nitrogen and oxygen atoms in total. The van der Waals surface area contributed by atoms with Crippen molar-refractivity contribution in [2.45, 2.75) is 6.10 Å². The van der Waals surface area contributed by atoms with Gasteiger partial charge in [0.25, 0.3) is 5.91 Å². The first-order valence-electron chi connectivity index (χ1n) is 9.12. The van der Waals surface area contributed by atoms with Gasteiger partial charge < -0.3 is 24.5 Å². The van der Waals surface area contributed by atoms with Crippen LogP contribution in [-0.2, 0) is 4.74 Å². The van der Waals surface area contributed by atoms with Gasteiger partial charge in [-0.1, -0.05) is 0 Å². The topological polar surface area (TPSA) is 84.7 Å². The Morgan fingerprint density at radius 1 is 1.15 bits per heavy atom. The lowest BCUT2D eigenvalue weighted by molar-refractivity contribution is -0.0400. The average Bonchev–Trinajstić information content (AvgIpc) is 3.02. The number of hydrogen-bond donors (Lipinski definition) is 2. The molecule has 26 heavy (non-hydrogen) atoms. The summed E-state index contributed by atoms with van der Waals surface area (Å²) in [6, 6.07) is 5.27. The fourth-order valence-corrected chi connectivity index (χ4v) is 3.68. The molecule has 0 bridgehead atoms. The lowest BCUT2D eigenvalue weighted by atomic mass is 10.1. The quantitative estimate of drug-likeness (QED) is 0.802. The molecule has 1 aromatic carbocycles. The predicted molar refractivity (Wildman–Crippen MR) is 98.5 cm³/mol. The van der Waals surface area contributed by atoms with Gasteiger partial charge in [0, 0.05) is 51.4 Å². The number of fused-ring (bicyclic) bond motifs is 1. The highest BCUT2D eigenvalue weighted by atomic mass is 16.5. The second-order valence-electron chi connectivity index (χ2n) is 7.19. The van der Waals surface area contributed by atoms with E-state index in [0.717, 1.165) is 32.7 Å². The normalized spacial score (nSPS) is 22.8. The van der Waals surface area contributed by atoms with Gasteiger partial charge in [-0.05, 0) is 25.2 Å². The molecule has 1 unspecified atom stereocenters. The van der Waals surface area contributed by atoms with Crippen LogP contribution in [0.3, 0.4) is 0 Å². The number of morpholine rings is 1. The minimum absolute atomic E-state index is 0.0133. The zero-order valence-electron chi connectivity index (χ0n) is 15.0. The van der Waals surface area contributed by atoms with Crippen LogP contribution in [0.2, 0.25) is 0 Å². The maximum atomic E-state index is 12.9. The van der Waals surface area contributed by atoms with E-state index in [9.17, 15) is 9.59 Å². The second-order valence-corrected chi connectivity index (χ2v) is 7.19.